The fraction of sp³-hybridized carbons (Fsp3) is 0.150. The number of fused-ring (bicyclic) bond motifs is 1. The van der Waals surface area contributed by atoms with Crippen molar-refractivity contribution < 1.29 is 9.59 Å². The molecule has 5 nitrogen and oxygen atoms in total. The molecule has 1 aliphatic rings. The number of thiophene rings is 1. The highest BCUT2D eigenvalue weighted by Crippen LogP contribution is 2.29. The van der Waals surface area contributed by atoms with E-state index in [0.717, 1.165) is 16.1 Å². The summed E-state index contributed by atoms with van der Waals surface area (Å²) in [5.74, 6) is -0.156. The molecule has 2 aromatic heterocycles. The van der Waals surface area contributed by atoms with Crippen LogP contribution in [0.2, 0.25) is 0 Å². The molecule has 0 atom stereocenters. The van der Waals surface area contributed by atoms with Gasteiger partial charge in [0.1, 0.15) is 0 Å². The van der Waals surface area contributed by atoms with Crippen LogP contribution in [0.3, 0.4) is 0 Å². The lowest BCUT2D eigenvalue weighted by atomic mass is 10.1. The second-order valence-corrected chi connectivity index (χ2v) is 8.11. The zero-order chi connectivity index (χ0) is 18.6. The summed E-state index contributed by atoms with van der Waals surface area (Å²) in [6.07, 6.45) is 4.14. The molecule has 1 aliphatic heterocycles. The lowest BCUT2D eigenvalue weighted by Crippen LogP contribution is -2.34. The number of hydrogen-bond donors (Lipinski definition) is 1. The molecule has 136 valence electrons. The lowest BCUT2D eigenvalue weighted by Gasteiger charge is -2.24. The Bertz CT molecular complexity index is 978. The van der Waals surface area contributed by atoms with Crippen LogP contribution in [0.1, 0.15) is 25.8 Å². The van der Waals surface area contributed by atoms with Crippen molar-refractivity contribution in [3.05, 3.63) is 74.9 Å². The fourth-order valence-electron chi connectivity index (χ4n) is 2.84. The van der Waals surface area contributed by atoms with Crippen LogP contribution in [0.4, 0.5) is 5.13 Å². The van der Waals surface area contributed by atoms with E-state index in [-0.39, 0.29) is 11.8 Å². The van der Waals surface area contributed by atoms with Crippen molar-refractivity contribution in [1.82, 2.24) is 9.88 Å². The first-order valence-electron chi connectivity index (χ1n) is 8.54. The van der Waals surface area contributed by atoms with Crippen molar-refractivity contribution in [3.63, 3.8) is 0 Å². The number of anilines is 1. The van der Waals surface area contributed by atoms with Crippen LogP contribution in [0.5, 0.6) is 0 Å². The first-order valence-corrected chi connectivity index (χ1v) is 10.2. The molecule has 4 rings (SSSR count). The molecule has 0 unspecified atom stereocenters. The van der Waals surface area contributed by atoms with Gasteiger partial charge in [-0.2, -0.15) is 0 Å². The second-order valence-electron chi connectivity index (χ2n) is 6.07. The van der Waals surface area contributed by atoms with Gasteiger partial charge in [0.15, 0.2) is 5.13 Å². The fourth-order valence-corrected chi connectivity index (χ4v) is 4.48. The number of nitrogens with one attached hydrogen (secondary N) is 1. The van der Waals surface area contributed by atoms with Gasteiger partial charge < -0.3 is 4.90 Å². The van der Waals surface area contributed by atoms with Crippen LogP contribution in [0, 0.1) is 0 Å². The second kappa shape index (κ2) is 7.85. The van der Waals surface area contributed by atoms with Gasteiger partial charge in [-0.05, 0) is 23.1 Å². The van der Waals surface area contributed by atoms with Crippen LogP contribution in [-0.2, 0) is 17.8 Å². The molecule has 7 heteroatoms. The third-order valence-electron chi connectivity index (χ3n) is 4.23. The van der Waals surface area contributed by atoms with E-state index in [1.54, 1.807) is 12.1 Å². The lowest BCUT2D eigenvalue weighted by molar-refractivity contribution is -0.126. The molecule has 0 bridgehead atoms. The van der Waals surface area contributed by atoms with Crippen molar-refractivity contribution in [3.8, 4) is 0 Å². The smallest absolute Gasteiger partial charge is 0.267 e. The van der Waals surface area contributed by atoms with Crippen LogP contribution in [-0.4, -0.2) is 28.2 Å². The van der Waals surface area contributed by atoms with Crippen molar-refractivity contribution in [1.29, 1.82) is 0 Å². The molecule has 0 saturated heterocycles. The standard InChI is InChI=1S/C20H17N3O2S2/c24-18(9-8-14-5-2-1-3-6-14)23-11-10-15-17(13-23)27-20(21-15)22-19(25)16-7-4-12-26-16/h1-9,12H,10-11,13H2,(H,21,22,25)/b9-8+. The van der Waals surface area contributed by atoms with Gasteiger partial charge in [-0.1, -0.05) is 47.7 Å². The van der Waals surface area contributed by atoms with Gasteiger partial charge in [-0.15, -0.1) is 11.3 Å². The molecule has 3 heterocycles. The Morgan fingerprint density at radius 2 is 2.00 bits per heavy atom. The van der Waals surface area contributed by atoms with Crippen molar-refractivity contribution in [2.45, 2.75) is 13.0 Å². The predicted molar refractivity (Wildman–Crippen MR) is 109 cm³/mol. The number of hydrogen-bond acceptors (Lipinski definition) is 5. The molecule has 27 heavy (non-hydrogen) atoms. The Morgan fingerprint density at radius 3 is 2.78 bits per heavy atom. The minimum Gasteiger partial charge on any atom is -0.334 e. The van der Waals surface area contributed by atoms with Gasteiger partial charge in [-0.3, -0.25) is 14.9 Å². The summed E-state index contributed by atoms with van der Waals surface area (Å²) >= 11 is 2.84. The van der Waals surface area contributed by atoms with E-state index in [4.69, 9.17) is 0 Å². The Balaban J connectivity index is 1.41. The number of amides is 2. The van der Waals surface area contributed by atoms with Gasteiger partial charge in [0.05, 0.1) is 17.1 Å². The maximum absolute atomic E-state index is 12.5. The molecule has 0 spiro atoms. The number of thiazole rings is 1. The quantitative estimate of drug-likeness (QED) is 0.678. The summed E-state index contributed by atoms with van der Waals surface area (Å²) in [5, 5.41) is 5.31. The normalized spacial score (nSPS) is 13.6. The molecule has 0 fully saturated rings. The van der Waals surface area contributed by atoms with Gasteiger partial charge in [0.2, 0.25) is 5.91 Å². The summed E-state index contributed by atoms with van der Waals surface area (Å²) in [6, 6.07) is 13.4. The summed E-state index contributed by atoms with van der Waals surface area (Å²) in [7, 11) is 0. The molecule has 3 aromatic rings. The van der Waals surface area contributed by atoms with Crippen LogP contribution >= 0.6 is 22.7 Å². The van der Waals surface area contributed by atoms with Crippen molar-refractivity contribution >= 4 is 45.7 Å². The zero-order valence-electron chi connectivity index (χ0n) is 14.4. The number of aromatic nitrogens is 1. The summed E-state index contributed by atoms with van der Waals surface area (Å²) in [5.41, 5.74) is 1.97. The van der Waals surface area contributed by atoms with E-state index < -0.39 is 0 Å². The van der Waals surface area contributed by atoms with Gasteiger partial charge in [0, 0.05) is 23.9 Å². The number of benzene rings is 1. The first-order chi connectivity index (χ1) is 13.2. The van der Waals surface area contributed by atoms with Gasteiger partial charge >= 0.3 is 0 Å². The van der Waals surface area contributed by atoms with E-state index in [1.807, 2.05) is 52.8 Å². The minimum absolute atomic E-state index is 0.0120. The molecule has 1 N–H and O–H groups in total. The maximum Gasteiger partial charge on any atom is 0.267 e. The Kier molecular flexibility index (Phi) is 5.13. The molecular weight excluding hydrogens is 378 g/mol. The van der Waals surface area contributed by atoms with Gasteiger partial charge in [-0.25, -0.2) is 4.98 Å². The number of carbonyl (C=O) groups excluding carboxylic acids is 2. The molecule has 1 aromatic carbocycles. The van der Waals surface area contributed by atoms with E-state index in [0.29, 0.717) is 29.5 Å². The predicted octanol–water partition coefficient (Wildman–Crippen LogP) is 4.06. The highest BCUT2D eigenvalue weighted by Gasteiger charge is 2.23. The van der Waals surface area contributed by atoms with E-state index in [2.05, 4.69) is 10.3 Å². The molecule has 0 aliphatic carbocycles. The number of rotatable bonds is 4. The summed E-state index contributed by atoms with van der Waals surface area (Å²) < 4.78 is 0. The average molecular weight is 396 g/mol. The third kappa shape index (κ3) is 4.15. The number of nitrogens with zero attached hydrogens (tertiary/aromatic N) is 2. The SMILES string of the molecule is O=C(Nc1nc2c(s1)CN(C(=O)/C=C/c1ccccc1)CC2)c1cccs1. The molecular formula is C20H17N3O2S2. The molecule has 2 amide bonds. The van der Waals surface area contributed by atoms with Crippen LogP contribution < -0.4 is 5.32 Å². The Hall–Kier alpha value is -2.77. The largest absolute Gasteiger partial charge is 0.334 e. The highest BCUT2D eigenvalue weighted by molar-refractivity contribution is 7.16. The van der Waals surface area contributed by atoms with Gasteiger partial charge in [0.25, 0.3) is 5.91 Å². The zero-order valence-corrected chi connectivity index (χ0v) is 16.1. The Morgan fingerprint density at radius 1 is 1.15 bits per heavy atom. The number of carbonyl (C=O) groups is 2. The van der Waals surface area contributed by atoms with Crippen LogP contribution in [0.25, 0.3) is 6.08 Å². The third-order valence-corrected chi connectivity index (χ3v) is 6.09. The summed E-state index contributed by atoms with van der Waals surface area (Å²) in [6.45, 7) is 1.16. The molecule has 0 saturated carbocycles. The average Bonchev–Trinajstić information content (AvgIpc) is 3.35. The minimum atomic E-state index is -0.144. The topological polar surface area (TPSA) is 62.3 Å². The van der Waals surface area contributed by atoms with Crippen LogP contribution in [0.15, 0.2) is 53.9 Å². The monoisotopic (exact) mass is 395 g/mol. The first kappa shape index (κ1) is 17.6. The van der Waals surface area contributed by atoms with E-state index >= 15 is 0 Å². The summed E-state index contributed by atoms with van der Waals surface area (Å²) in [4.78, 5) is 32.7. The molecule has 0 radical (unpaired) electrons. The maximum atomic E-state index is 12.5. The Labute approximate surface area is 165 Å². The van der Waals surface area contributed by atoms with Crippen molar-refractivity contribution in [2.75, 3.05) is 11.9 Å². The van der Waals surface area contributed by atoms with Crippen molar-refractivity contribution in [2.24, 2.45) is 0 Å². The van der Waals surface area contributed by atoms with E-state index in [1.165, 1.54) is 22.7 Å². The highest BCUT2D eigenvalue weighted by atomic mass is 32.1. The van der Waals surface area contributed by atoms with E-state index in [9.17, 15) is 9.59 Å².